The summed E-state index contributed by atoms with van der Waals surface area (Å²) in [6.07, 6.45) is 0.599. The summed E-state index contributed by atoms with van der Waals surface area (Å²) in [6, 6.07) is 25.6. The van der Waals surface area contributed by atoms with Gasteiger partial charge in [0.25, 0.3) is 11.8 Å². The Kier molecular flexibility index (Phi) is 7.99. The van der Waals surface area contributed by atoms with Crippen molar-refractivity contribution in [2.45, 2.75) is 6.42 Å². The highest BCUT2D eigenvalue weighted by molar-refractivity contribution is 7.89. The minimum atomic E-state index is -3.64. The maximum Gasteiger partial charge on any atom is 0.319 e. The Morgan fingerprint density at radius 1 is 0.756 bits per heavy atom. The summed E-state index contributed by atoms with van der Waals surface area (Å²) in [5.74, 6) is -0.853. The molecule has 1 heterocycles. The molecule has 0 atom stereocenters. The molecule has 0 unspecified atom stereocenters. The van der Waals surface area contributed by atoms with Crippen molar-refractivity contribution in [1.82, 2.24) is 10.2 Å². The predicted octanol–water partition coefficient (Wildman–Crippen LogP) is 4.02. The van der Waals surface area contributed by atoms with Crippen LogP contribution >= 0.6 is 0 Å². The molecule has 0 aromatic heterocycles. The molecule has 0 bridgehead atoms. The summed E-state index contributed by atoms with van der Waals surface area (Å²) < 4.78 is 21.9. The van der Waals surface area contributed by atoms with Crippen molar-refractivity contribution in [2.24, 2.45) is 5.14 Å². The molecule has 210 valence electrons. The van der Waals surface area contributed by atoms with Gasteiger partial charge in [0, 0.05) is 47.5 Å². The van der Waals surface area contributed by atoms with Gasteiger partial charge in [-0.15, -0.1) is 0 Å². The molecule has 4 amide bonds. The van der Waals surface area contributed by atoms with Crippen molar-refractivity contribution in [1.29, 1.82) is 0 Å². The van der Waals surface area contributed by atoms with Crippen LogP contribution in [0, 0.1) is 0 Å². The van der Waals surface area contributed by atoms with Crippen LogP contribution in [0.5, 0.6) is 0 Å². The van der Waals surface area contributed by atoms with E-state index in [0.717, 1.165) is 27.6 Å². The molecule has 0 fully saturated rings. The zero-order valence-electron chi connectivity index (χ0n) is 22.1. The topological polar surface area (TPSA) is 151 Å². The van der Waals surface area contributed by atoms with E-state index in [2.05, 4.69) is 16.0 Å². The average molecular weight is 572 g/mol. The quantitative estimate of drug-likeness (QED) is 0.167. The van der Waals surface area contributed by atoms with Crippen LogP contribution in [-0.4, -0.2) is 56.6 Å². The maximum atomic E-state index is 13.0. The zero-order valence-corrected chi connectivity index (χ0v) is 22.9. The van der Waals surface area contributed by atoms with E-state index in [4.69, 9.17) is 5.14 Å². The summed E-state index contributed by atoms with van der Waals surface area (Å²) in [5, 5.41) is 15.0. The highest BCUT2D eigenvalue weighted by Crippen LogP contribution is 2.30. The molecule has 5 rings (SSSR count). The van der Waals surface area contributed by atoms with E-state index >= 15 is 0 Å². The highest BCUT2D eigenvalue weighted by Gasteiger charge is 2.32. The first-order valence-corrected chi connectivity index (χ1v) is 14.8. The fourth-order valence-corrected chi connectivity index (χ4v) is 5.15. The third-order valence-electron chi connectivity index (χ3n) is 6.78. The van der Waals surface area contributed by atoms with Crippen molar-refractivity contribution >= 4 is 50.0 Å². The summed E-state index contributed by atoms with van der Waals surface area (Å²) in [4.78, 5) is 39.3. The fourth-order valence-electron chi connectivity index (χ4n) is 4.76. The van der Waals surface area contributed by atoms with E-state index in [-0.39, 0.29) is 24.1 Å². The maximum absolute atomic E-state index is 13.0. The Balaban J connectivity index is 1.11. The number of carbonyl (C=O) groups is 3. The Hall–Kier alpha value is -4.74. The van der Waals surface area contributed by atoms with E-state index in [1.807, 2.05) is 60.7 Å². The molecule has 11 heteroatoms. The van der Waals surface area contributed by atoms with E-state index in [1.165, 1.54) is 4.90 Å². The number of benzene rings is 4. The van der Waals surface area contributed by atoms with Crippen molar-refractivity contribution in [2.75, 3.05) is 36.0 Å². The number of primary sulfonamides is 1. The lowest BCUT2D eigenvalue weighted by Gasteiger charge is -2.27. The molecule has 0 spiro atoms. The Bertz CT molecular complexity index is 1670. The average Bonchev–Trinajstić information content (AvgIpc) is 2.95. The lowest BCUT2D eigenvalue weighted by molar-refractivity contribution is 0.0610. The van der Waals surface area contributed by atoms with Crippen LogP contribution in [0.3, 0.4) is 0 Å². The molecule has 0 radical (unpaired) electrons. The van der Waals surface area contributed by atoms with Crippen LogP contribution in [0.4, 0.5) is 16.2 Å². The van der Waals surface area contributed by atoms with Gasteiger partial charge in [-0.3, -0.25) is 14.5 Å². The molecule has 0 saturated heterocycles. The largest absolute Gasteiger partial charge is 0.385 e. The summed E-state index contributed by atoms with van der Waals surface area (Å²) in [6.45, 7) is 0.822. The first kappa shape index (κ1) is 27.8. The van der Waals surface area contributed by atoms with E-state index in [1.54, 1.807) is 24.3 Å². The smallest absolute Gasteiger partial charge is 0.319 e. The fraction of sp³-hybridized carbons (Fsp3) is 0.167. The minimum absolute atomic E-state index is 0.0803. The molecule has 1 aliphatic rings. The number of carbonyl (C=O) groups excluding carboxylic acids is 3. The number of sulfonamides is 1. The normalized spacial score (nSPS) is 12.9. The van der Waals surface area contributed by atoms with Crippen molar-refractivity contribution in [3.63, 3.8) is 0 Å². The van der Waals surface area contributed by atoms with Crippen molar-refractivity contribution < 1.29 is 22.8 Å². The van der Waals surface area contributed by atoms with Gasteiger partial charge in [0.05, 0.1) is 5.75 Å². The molecule has 10 nitrogen and oxygen atoms in total. The number of imide groups is 1. The van der Waals surface area contributed by atoms with Crippen LogP contribution < -0.4 is 21.1 Å². The highest BCUT2D eigenvalue weighted by atomic mass is 32.2. The van der Waals surface area contributed by atoms with Gasteiger partial charge in [0.2, 0.25) is 10.0 Å². The van der Waals surface area contributed by atoms with Gasteiger partial charge in [-0.05, 0) is 59.3 Å². The van der Waals surface area contributed by atoms with Crippen LogP contribution in [0.2, 0.25) is 0 Å². The van der Waals surface area contributed by atoms with Crippen LogP contribution in [0.15, 0.2) is 84.9 Å². The monoisotopic (exact) mass is 571 g/mol. The number of amides is 4. The second kappa shape index (κ2) is 11.8. The molecular formula is C30H29N5O5S. The van der Waals surface area contributed by atoms with Gasteiger partial charge in [0.15, 0.2) is 0 Å². The number of nitrogens with two attached hydrogens (primary N) is 1. The standard InChI is InChI=1S/C30H29N5O5S/c31-41(39,40)19-17-33-30(38)34-24-14-10-21(11-15-24)20-8-12-23(13-9-20)32-16-3-18-35-28(36)25-6-1-4-22-5-2-7-26(27(22)25)29(35)37/h1-2,4-15,32H,3,16-19H2,(H2,31,39,40)(H2,33,34,38). The molecular weight excluding hydrogens is 542 g/mol. The second-order valence-electron chi connectivity index (χ2n) is 9.65. The molecule has 0 saturated carbocycles. The Labute approximate surface area is 237 Å². The van der Waals surface area contributed by atoms with Gasteiger partial charge >= 0.3 is 6.03 Å². The lowest BCUT2D eigenvalue weighted by Crippen LogP contribution is -2.41. The summed E-state index contributed by atoms with van der Waals surface area (Å²) >= 11 is 0. The number of nitrogens with one attached hydrogen (secondary N) is 3. The number of hydrogen-bond acceptors (Lipinski definition) is 6. The number of nitrogens with zero attached hydrogens (tertiary/aromatic N) is 1. The third-order valence-corrected chi connectivity index (χ3v) is 7.55. The number of rotatable bonds is 10. The van der Waals surface area contributed by atoms with Crippen LogP contribution in [-0.2, 0) is 10.0 Å². The molecule has 4 aromatic carbocycles. The predicted molar refractivity (Wildman–Crippen MR) is 159 cm³/mol. The van der Waals surface area contributed by atoms with Gasteiger partial charge in [-0.25, -0.2) is 18.4 Å². The molecule has 0 aliphatic carbocycles. The molecule has 41 heavy (non-hydrogen) atoms. The van der Waals surface area contributed by atoms with E-state index in [0.29, 0.717) is 36.3 Å². The second-order valence-corrected chi connectivity index (χ2v) is 11.4. The van der Waals surface area contributed by atoms with Crippen molar-refractivity contribution in [3.8, 4) is 11.1 Å². The number of urea groups is 1. The Morgan fingerprint density at radius 2 is 1.32 bits per heavy atom. The van der Waals surface area contributed by atoms with Crippen molar-refractivity contribution in [3.05, 3.63) is 96.1 Å². The number of anilines is 2. The number of hydrogen-bond donors (Lipinski definition) is 4. The minimum Gasteiger partial charge on any atom is -0.385 e. The van der Waals surface area contributed by atoms with Gasteiger partial charge in [-0.1, -0.05) is 48.5 Å². The van der Waals surface area contributed by atoms with Gasteiger partial charge in [-0.2, -0.15) is 0 Å². The van der Waals surface area contributed by atoms with E-state index in [9.17, 15) is 22.8 Å². The molecule has 5 N–H and O–H groups in total. The SMILES string of the molecule is NS(=O)(=O)CCNC(=O)Nc1ccc(-c2ccc(NCCCN3C(=O)c4cccc5cccc(c45)C3=O)cc2)cc1. The third kappa shape index (κ3) is 6.53. The molecule has 1 aliphatic heterocycles. The first-order valence-electron chi connectivity index (χ1n) is 13.1. The van der Waals surface area contributed by atoms with E-state index < -0.39 is 16.1 Å². The van der Waals surface area contributed by atoms with Crippen LogP contribution in [0.25, 0.3) is 21.9 Å². The summed E-state index contributed by atoms with van der Waals surface area (Å²) in [7, 11) is -3.64. The first-order chi connectivity index (χ1) is 19.7. The Morgan fingerprint density at radius 3 is 1.88 bits per heavy atom. The lowest BCUT2D eigenvalue weighted by atomic mass is 9.94. The zero-order chi connectivity index (χ0) is 29.0. The summed E-state index contributed by atoms with van der Waals surface area (Å²) in [5.41, 5.74) is 4.54. The van der Waals surface area contributed by atoms with Crippen LogP contribution in [0.1, 0.15) is 27.1 Å². The van der Waals surface area contributed by atoms with Gasteiger partial charge < -0.3 is 16.0 Å². The van der Waals surface area contributed by atoms with Gasteiger partial charge in [0.1, 0.15) is 0 Å². The molecule has 4 aromatic rings.